The molecule has 5 nitrogen and oxygen atoms in total. The lowest BCUT2D eigenvalue weighted by Gasteiger charge is -2.23. The highest BCUT2D eigenvalue weighted by molar-refractivity contribution is 7.10. The van der Waals surface area contributed by atoms with Crippen LogP contribution in [-0.2, 0) is 0 Å². The zero-order chi connectivity index (χ0) is 19.3. The van der Waals surface area contributed by atoms with Gasteiger partial charge in [-0.25, -0.2) is 0 Å². The van der Waals surface area contributed by atoms with Crippen molar-refractivity contribution in [1.29, 1.82) is 0 Å². The number of aromatic nitrogens is 2. The summed E-state index contributed by atoms with van der Waals surface area (Å²) in [5, 5.41) is 17.8. The van der Waals surface area contributed by atoms with Crippen LogP contribution in [0.5, 0.6) is 5.75 Å². The lowest BCUT2D eigenvalue weighted by Crippen LogP contribution is -2.42. The Kier molecular flexibility index (Phi) is 6.21. The van der Waals surface area contributed by atoms with Gasteiger partial charge >= 0.3 is 0 Å². The lowest BCUT2D eigenvalue weighted by atomic mass is 10.1. The zero-order valence-corrected chi connectivity index (χ0v) is 16.7. The van der Waals surface area contributed by atoms with Gasteiger partial charge in [0.05, 0.1) is 4.88 Å². The summed E-state index contributed by atoms with van der Waals surface area (Å²) in [7, 11) is 0. The SMILES string of the molecule is CC(C)(C)NCC(O)COc1ccccc1-c1snnc1-c1ccccc1. The molecule has 27 heavy (non-hydrogen) atoms. The number of nitrogens with one attached hydrogen (secondary N) is 1. The van der Waals surface area contributed by atoms with E-state index in [-0.39, 0.29) is 12.1 Å². The summed E-state index contributed by atoms with van der Waals surface area (Å²) in [6, 6.07) is 17.8. The maximum Gasteiger partial charge on any atom is 0.128 e. The van der Waals surface area contributed by atoms with E-state index in [2.05, 4.69) is 35.7 Å². The minimum atomic E-state index is -0.592. The predicted octanol–water partition coefficient (Wildman–Crippen LogP) is 4.00. The summed E-state index contributed by atoms with van der Waals surface area (Å²) in [4.78, 5) is 0.958. The van der Waals surface area contributed by atoms with Crippen LogP contribution >= 0.6 is 11.5 Å². The Morgan fingerprint density at radius 2 is 1.78 bits per heavy atom. The zero-order valence-electron chi connectivity index (χ0n) is 15.8. The minimum Gasteiger partial charge on any atom is -0.490 e. The highest BCUT2D eigenvalue weighted by Gasteiger charge is 2.17. The molecule has 0 saturated heterocycles. The number of benzene rings is 2. The fraction of sp³-hybridized carbons (Fsp3) is 0.333. The Morgan fingerprint density at radius 3 is 2.52 bits per heavy atom. The molecule has 2 aromatic carbocycles. The molecule has 0 fully saturated rings. The number of nitrogens with zero attached hydrogens (tertiary/aromatic N) is 2. The molecule has 3 rings (SSSR count). The molecule has 142 valence electrons. The quantitative estimate of drug-likeness (QED) is 0.645. The van der Waals surface area contributed by atoms with Crippen LogP contribution in [-0.4, -0.2) is 39.5 Å². The molecular formula is C21H25N3O2S. The number of rotatable bonds is 7. The molecule has 3 aromatic rings. The van der Waals surface area contributed by atoms with E-state index in [0.717, 1.165) is 27.4 Å². The van der Waals surface area contributed by atoms with Crippen LogP contribution in [0.25, 0.3) is 21.7 Å². The van der Waals surface area contributed by atoms with E-state index in [1.807, 2.05) is 54.6 Å². The topological polar surface area (TPSA) is 67.3 Å². The van der Waals surface area contributed by atoms with Crippen molar-refractivity contribution in [2.75, 3.05) is 13.2 Å². The normalized spacial score (nSPS) is 12.7. The largest absolute Gasteiger partial charge is 0.490 e. The van der Waals surface area contributed by atoms with E-state index < -0.39 is 6.10 Å². The van der Waals surface area contributed by atoms with E-state index >= 15 is 0 Å². The highest BCUT2D eigenvalue weighted by Crippen LogP contribution is 2.38. The molecule has 1 heterocycles. The second-order valence-electron chi connectivity index (χ2n) is 7.41. The summed E-state index contributed by atoms with van der Waals surface area (Å²) in [5.41, 5.74) is 2.75. The van der Waals surface area contributed by atoms with Crippen molar-refractivity contribution in [3.8, 4) is 27.4 Å². The van der Waals surface area contributed by atoms with Crippen LogP contribution in [0, 0.1) is 0 Å². The van der Waals surface area contributed by atoms with Crippen molar-refractivity contribution in [2.24, 2.45) is 0 Å². The van der Waals surface area contributed by atoms with Gasteiger partial charge in [-0.1, -0.05) is 47.0 Å². The third kappa shape index (κ3) is 5.35. The number of hydrogen-bond acceptors (Lipinski definition) is 6. The molecule has 1 atom stereocenters. The van der Waals surface area contributed by atoms with Gasteiger partial charge in [-0.3, -0.25) is 0 Å². The van der Waals surface area contributed by atoms with E-state index in [9.17, 15) is 5.11 Å². The summed E-state index contributed by atoms with van der Waals surface area (Å²) < 4.78 is 10.1. The average molecular weight is 384 g/mol. The van der Waals surface area contributed by atoms with Gasteiger partial charge in [-0.15, -0.1) is 5.10 Å². The Balaban J connectivity index is 1.77. The van der Waals surface area contributed by atoms with E-state index in [1.165, 1.54) is 11.5 Å². The van der Waals surface area contributed by atoms with Crippen molar-refractivity contribution in [2.45, 2.75) is 32.4 Å². The van der Waals surface area contributed by atoms with Crippen molar-refractivity contribution < 1.29 is 9.84 Å². The molecule has 0 aliphatic heterocycles. The second-order valence-corrected chi connectivity index (χ2v) is 8.16. The van der Waals surface area contributed by atoms with Gasteiger partial charge in [0, 0.05) is 23.2 Å². The van der Waals surface area contributed by atoms with Crippen LogP contribution in [0.2, 0.25) is 0 Å². The van der Waals surface area contributed by atoms with Gasteiger partial charge in [0.25, 0.3) is 0 Å². The van der Waals surface area contributed by atoms with Gasteiger partial charge in [0.2, 0.25) is 0 Å². The standard InChI is InChI=1S/C21H25N3O2S/c1-21(2,3)22-13-16(25)14-26-18-12-8-7-11-17(18)20-19(23-24-27-20)15-9-5-4-6-10-15/h4-12,16,22,25H,13-14H2,1-3H3. The molecule has 1 aromatic heterocycles. The van der Waals surface area contributed by atoms with Gasteiger partial charge < -0.3 is 15.2 Å². The first-order valence-electron chi connectivity index (χ1n) is 8.97. The number of aliphatic hydroxyl groups is 1. The average Bonchev–Trinajstić information content (AvgIpc) is 3.15. The number of aliphatic hydroxyl groups excluding tert-OH is 1. The van der Waals surface area contributed by atoms with E-state index in [1.54, 1.807) is 0 Å². The van der Waals surface area contributed by atoms with Crippen molar-refractivity contribution in [3.63, 3.8) is 0 Å². The molecule has 0 aliphatic carbocycles. The monoisotopic (exact) mass is 383 g/mol. The minimum absolute atomic E-state index is 0.0439. The van der Waals surface area contributed by atoms with E-state index in [4.69, 9.17) is 4.74 Å². The molecular weight excluding hydrogens is 358 g/mol. The summed E-state index contributed by atoms with van der Waals surface area (Å²) in [6.07, 6.45) is -0.592. The first kappa shape index (κ1) is 19.5. The first-order valence-corrected chi connectivity index (χ1v) is 9.74. The third-order valence-electron chi connectivity index (χ3n) is 3.97. The van der Waals surface area contributed by atoms with Gasteiger partial charge in [0.15, 0.2) is 0 Å². The van der Waals surface area contributed by atoms with Crippen molar-refractivity contribution >= 4 is 11.5 Å². The molecule has 0 aliphatic rings. The summed E-state index contributed by atoms with van der Waals surface area (Å²) in [5.74, 6) is 0.718. The van der Waals surface area contributed by atoms with Crippen molar-refractivity contribution in [3.05, 3.63) is 54.6 Å². The molecule has 0 amide bonds. The van der Waals surface area contributed by atoms with Crippen LogP contribution in [0.4, 0.5) is 0 Å². The Morgan fingerprint density at radius 1 is 1.07 bits per heavy atom. The molecule has 2 N–H and O–H groups in total. The second kappa shape index (κ2) is 8.61. The first-order chi connectivity index (χ1) is 12.9. The Bertz CT molecular complexity index is 859. The highest BCUT2D eigenvalue weighted by atomic mass is 32.1. The molecule has 0 radical (unpaired) electrons. The van der Waals surface area contributed by atoms with Crippen LogP contribution in [0.15, 0.2) is 54.6 Å². The number of β-amino-alcohol motifs (C(OH)–C–C–N with tert-alkyl or cyclic N) is 1. The van der Waals surface area contributed by atoms with Crippen LogP contribution in [0.3, 0.4) is 0 Å². The van der Waals surface area contributed by atoms with Crippen LogP contribution < -0.4 is 10.1 Å². The maximum absolute atomic E-state index is 10.2. The molecule has 0 spiro atoms. The number of hydrogen-bond donors (Lipinski definition) is 2. The van der Waals surface area contributed by atoms with Gasteiger partial charge in [-0.05, 0) is 44.4 Å². The number of ether oxygens (including phenoxy) is 1. The molecule has 6 heteroatoms. The number of para-hydroxylation sites is 1. The smallest absolute Gasteiger partial charge is 0.128 e. The van der Waals surface area contributed by atoms with Crippen molar-refractivity contribution in [1.82, 2.24) is 14.9 Å². The lowest BCUT2D eigenvalue weighted by molar-refractivity contribution is 0.100. The Hall–Kier alpha value is -2.28. The van der Waals surface area contributed by atoms with Gasteiger partial charge in [-0.2, -0.15) is 0 Å². The van der Waals surface area contributed by atoms with E-state index in [0.29, 0.717) is 6.54 Å². The maximum atomic E-state index is 10.2. The third-order valence-corrected chi connectivity index (χ3v) is 4.73. The molecule has 0 saturated carbocycles. The van der Waals surface area contributed by atoms with Gasteiger partial charge in [0.1, 0.15) is 24.2 Å². The Labute approximate surface area is 164 Å². The fourth-order valence-corrected chi connectivity index (χ4v) is 3.32. The fourth-order valence-electron chi connectivity index (χ4n) is 2.60. The predicted molar refractivity (Wildman–Crippen MR) is 110 cm³/mol. The molecule has 1 unspecified atom stereocenters. The van der Waals surface area contributed by atoms with Crippen LogP contribution in [0.1, 0.15) is 20.8 Å². The summed E-state index contributed by atoms with van der Waals surface area (Å²) in [6.45, 7) is 6.89. The summed E-state index contributed by atoms with van der Waals surface area (Å²) >= 11 is 1.34. The molecule has 0 bridgehead atoms.